The van der Waals surface area contributed by atoms with E-state index in [0.29, 0.717) is 6.04 Å². The van der Waals surface area contributed by atoms with Crippen molar-refractivity contribution in [3.8, 4) is 0 Å². The summed E-state index contributed by atoms with van der Waals surface area (Å²) in [7, 11) is 0. The van der Waals surface area contributed by atoms with Gasteiger partial charge >= 0.3 is 0 Å². The molecule has 5 nitrogen and oxygen atoms in total. The second-order valence-electron chi connectivity index (χ2n) is 8.21. The normalized spacial score (nSPS) is 22.1. The lowest BCUT2D eigenvalue weighted by molar-refractivity contribution is 0.0653. The first-order chi connectivity index (χ1) is 13.2. The Morgan fingerprint density at radius 2 is 1.93 bits per heavy atom. The zero-order valence-corrected chi connectivity index (χ0v) is 16.7. The smallest absolute Gasteiger partial charge is 0.226 e. The van der Waals surface area contributed by atoms with Crippen molar-refractivity contribution in [3.63, 3.8) is 0 Å². The Morgan fingerprint density at radius 1 is 1.07 bits per heavy atom. The number of nitrogens with zero attached hydrogens (tertiary/aromatic N) is 3. The Kier molecular flexibility index (Phi) is 5.89. The molecule has 4 rings (SSSR count). The Morgan fingerprint density at radius 3 is 2.78 bits per heavy atom. The maximum absolute atomic E-state index is 5.47. The van der Waals surface area contributed by atoms with Crippen molar-refractivity contribution in [2.75, 3.05) is 37.7 Å². The van der Waals surface area contributed by atoms with Crippen LogP contribution in [-0.4, -0.2) is 48.9 Å². The first-order valence-electron chi connectivity index (χ1n) is 10.5. The molecule has 1 N–H and O–H groups in total. The van der Waals surface area contributed by atoms with E-state index in [-0.39, 0.29) is 0 Å². The number of aryl methyl sites for hydroxylation is 2. The highest BCUT2D eigenvalue weighted by Crippen LogP contribution is 2.23. The van der Waals surface area contributed by atoms with Gasteiger partial charge in [0.05, 0.1) is 11.2 Å². The maximum atomic E-state index is 5.47. The van der Waals surface area contributed by atoms with E-state index in [4.69, 9.17) is 14.7 Å². The number of hydrogen-bond donors (Lipinski definition) is 1. The minimum atomic E-state index is 0.613. The molecule has 0 bridgehead atoms. The molecule has 0 saturated carbocycles. The standard InChI is InChI=1S/C22H32N4O/c1-16-5-6-20-17(2)24-22(25-21(20)14-16)26-10-3-4-19(7-11-26)23-15-18-8-12-27-13-9-18/h5-6,14,18-19,23H,3-4,7-13,15H2,1-2H3/t19-/m1/s1. The van der Waals surface area contributed by atoms with Crippen LogP contribution in [0.5, 0.6) is 0 Å². The summed E-state index contributed by atoms with van der Waals surface area (Å²) in [6.45, 7) is 9.30. The predicted octanol–water partition coefficient (Wildman–Crippen LogP) is 3.62. The number of fused-ring (bicyclic) bond motifs is 1. The molecule has 3 heterocycles. The lowest BCUT2D eigenvalue weighted by Gasteiger charge is -2.25. The van der Waals surface area contributed by atoms with Crippen LogP contribution in [-0.2, 0) is 4.74 Å². The molecule has 1 atom stereocenters. The van der Waals surface area contributed by atoms with Gasteiger partial charge in [0.15, 0.2) is 0 Å². The van der Waals surface area contributed by atoms with Gasteiger partial charge in [-0.15, -0.1) is 0 Å². The predicted molar refractivity (Wildman–Crippen MR) is 110 cm³/mol. The highest BCUT2D eigenvalue weighted by molar-refractivity contribution is 5.82. The fourth-order valence-corrected chi connectivity index (χ4v) is 4.31. The number of anilines is 1. The Labute approximate surface area is 162 Å². The highest BCUT2D eigenvalue weighted by atomic mass is 16.5. The largest absolute Gasteiger partial charge is 0.381 e. The first-order valence-corrected chi connectivity index (χ1v) is 10.5. The van der Waals surface area contributed by atoms with Gasteiger partial charge in [0, 0.05) is 37.7 Å². The summed E-state index contributed by atoms with van der Waals surface area (Å²) in [5, 5.41) is 4.99. The molecule has 0 aliphatic carbocycles. The molecular weight excluding hydrogens is 336 g/mol. The van der Waals surface area contributed by atoms with Crippen molar-refractivity contribution in [1.82, 2.24) is 15.3 Å². The summed E-state index contributed by atoms with van der Waals surface area (Å²) in [6, 6.07) is 7.06. The van der Waals surface area contributed by atoms with Gasteiger partial charge in [0.1, 0.15) is 0 Å². The molecule has 146 valence electrons. The maximum Gasteiger partial charge on any atom is 0.226 e. The fraction of sp³-hybridized carbons (Fsp3) is 0.636. The van der Waals surface area contributed by atoms with Gasteiger partial charge in [-0.25, -0.2) is 9.97 Å². The van der Waals surface area contributed by atoms with E-state index in [0.717, 1.165) is 67.7 Å². The van der Waals surface area contributed by atoms with Crippen LogP contribution in [0.15, 0.2) is 18.2 Å². The average Bonchev–Trinajstić information content (AvgIpc) is 2.92. The first kappa shape index (κ1) is 18.6. The third-order valence-electron chi connectivity index (χ3n) is 6.08. The summed E-state index contributed by atoms with van der Waals surface area (Å²) in [6.07, 6.45) is 6.01. The lowest BCUT2D eigenvalue weighted by atomic mass is 9.99. The SMILES string of the molecule is Cc1ccc2c(C)nc(N3CCC[C@@H](NCC4CCOCC4)CC3)nc2c1. The van der Waals surface area contributed by atoms with Crippen LogP contribution in [0.1, 0.15) is 43.4 Å². The van der Waals surface area contributed by atoms with Gasteiger partial charge < -0.3 is 15.0 Å². The summed E-state index contributed by atoms with van der Waals surface area (Å²) >= 11 is 0. The Bertz CT molecular complexity index is 772. The molecule has 2 fully saturated rings. The molecule has 27 heavy (non-hydrogen) atoms. The summed E-state index contributed by atoms with van der Waals surface area (Å²) in [5.74, 6) is 1.68. The van der Waals surface area contributed by atoms with Crippen molar-refractivity contribution >= 4 is 16.9 Å². The molecule has 0 radical (unpaired) electrons. The average molecular weight is 369 g/mol. The molecule has 0 unspecified atom stereocenters. The number of nitrogens with one attached hydrogen (secondary N) is 1. The van der Waals surface area contributed by atoms with E-state index in [9.17, 15) is 0 Å². The summed E-state index contributed by atoms with van der Waals surface area (Å²) in [5.41, 5.74) is 3.39. The minimum Gasteiger partial charge on any atom is -0.381 e. The van der Waals surface area contributed by atoms with E-state index in [2.05, 4.69) is 42.3 Å². The number of ether oxygens (including phenoxy) is 1. The lowest BCUT2D eigenvalue weighted by Crippen LogP contribution is -2.36. The van der Waals surface area contributed by atoms with E-state index in [1.807, 2.05) is 0 Å². The van der Waals surface area contributed by atoms with Crippen LogP contribution in [0.25, 0.3) is 10.9 Å². The van der Waals surface area contributed by atoms with Crippen molar-refractivity contribution < 1.29 is 4.74 Å². The molecular formula is C22H32N4O. The van der Waals surface area contributed by atoms with Crippen LogP contribution >= 0.6 is 0 Å². The van der Waals surface area contributed by atoms with Crippen LogP contribution in [0.2, 0.25) is 0 Å². The van der Waals surface area contributed by atoms with Crippen molar-refractivity contribution in [2.45, 2.75) is 52.0 Å². The molecule has 0 spiro atoms. The zero-order chi connectivity index (χ0) is 18.6. The third-order valence-corrected chi connectivity index (χ3v) is 6.08. The second-order valence-corrected chi connectivity index (χ2v) is 8.21. The molecule has 1 aromatic heterocycles. The fourth-order valence-electron chi connectivity index (χ4n) is 4.31. The third kappa shape index (κ3) is 4.58. The number of benzene rings is 1. The summed E-state index contributed by atoms with van der Waals surface area (Å²) < 4.78 is 5.47. The molecule has 5 heteroatoms. The molecule has 2 aliphatic rings. The van der Waals surface area contributed by atoms with Gasteiger partial charge in [-0.05, 0) is 70.0 Å². The summed E-state index contributed by atoms with van der Waals surface area (Å²) in [4.78, 5) is 12.1. The molecule has 2 aromatic rings. The highest BCUT2D eigenvalue weighted by Gasteiger charge is 2.21. The molecule has 2 aliphatic heterocycles. The monoisotopic (exact) mass is 368 g/mol. The van der Waals surface area contributed by atoms with E-state index < -0.39 is 0 Å². The van der Waals surface area contributed by atoms with Gasteiger partial charge in [-0.3, -0.25) is 0 Å². The van der Waals surface area contributed by atoms with Gasteiger partial charge in [-0.2, -0.15) is 0 Å². The van der Waals surface area contributed by atoms with Crippen molar-refractivity contribution in [2.24, 2.45) is 5.92 Å². The second kappa shape index (κ2) is 8.53. The van der Waals surface area contributed by atoms with Gasteiger partial charge in [0.25, 0.3) is 0 Å². The van der Waals surface area contributed by atoms with Crippen LogP contribution in [0.3, 0.4) is 0 Å². The van der Waals surface area contributed by atoms with Crippen LogP contribution < -0.4 is 10.2 Å². The van der Waals surface area contributed by atoms with Crippen LogP contribution in [0.4, 0.5) is 5.95 Å². The van der Waals surface area contributed by atoms with E-state index in [1.54, 1.807) is 0 Å². The Balaban J connectivity index is 1.39. The van der Waals surface area contributed by atoms with Gasteiger partial charge in [-0.1, -0.05) is 12.1 Å². The van der Waals surface area contributed by atoms with E-state index in [1.165, 1.54) is 31.2 Å². The number of rotatable bonds is 4. The topological polar surface area (TPSA) is 50.3 Å². The Hall–Kier alpha value is -1.72. The van der Waals surface area contributed by atoms with Crippen LogP contribution in [0, 0.1) is 19.8 Å². The quantitative estimate of drug-likeness (QED) is 0.893. The zero-order valence-electron chi connectivity index (χ0n) is 16.7. The number of hydrogen-bond acceptors (Lipinski definition) is 5. The minimum absolute atomic E-state index is 0.613. The van der Waals surface area contributed by atoms with Crippen molar-refractivity contribution in [3.05, 3.63) is 29.5 Å². The van der Waals surface area contributed by atoms with E-state index >= 15 is 0 Å². The molecule has 1 aromatic carbocycles. The molecule has 2 saturated heterocycles. The van der Waals surface area contributed by atoms with Crippen molar-refractivity contribution in [1.29, 1.82) is 0 Å². The number of aromatic nitrogens is 2. The molecule has 0 amide bonds. The van der Waals surface area contributed by atoms with Gasteiger partial charge in [0.2, 0.25) is 5.95 Å².